The minimum atomic E-state index is -0.396. The zero-order valence-electron chi connectivity index (χ0n) is 15.0. The van der Waals surface area contributed by atoms with Crippen molar-refractivity contribution < 1.29 is 9.66 Å². The van der Waals surface area contributed by atoms with Crippen molar-refractivity contribution in [1.29, 1.82) is 0 Å². The summed E-state index contributed by atoms with van der Waals surface area (Å²) in [6.07, 6.45) is 2.89. The fourth-order valence-corrected chi connectivity index (χ4v) is 3.44. The van der Waals surface area contributed by atoms with Crippen LogP contribution in [0.1, 0.15) is 23.6 Å². The van der Waals surface area contributed by atoms with Crippen LogP contribution in [0.2, 0.25) is 0 Å². The van der Waals surface area contributed by atoms with Crippen molar-refractivity contribution in [2.45, 2.75) is 19.0 Å². The number of non-ortho nitro benzene ring substituents is 1. The van der Waals surface area contributed by atoms with Gasteiger partial charge in [-0.2, -0.15) is 5.10 Å². The lowest BCUT2D eigenvalue weighted by Crippen LogP contribution is -2.26. The lowest BCUT2D eigenvalue weighted by atomic mass is 10.00. The van der Waals surface area contributed by atoms with Crippen LogP contribution in [-0.2, 0) is 13.6 Å². The number of fused-ring (bicyclic) bond motifs is 1. The summed E-state index contributed by atoms with van der Waals surface area (Å²) in [5.41, 5.74) is 4.00. The van der Waals surface area contributed by atoms with Gasteiger partial charge in [0.15, 0.2) is 0 Å². The van der Waals surface area contributed by atoms with Gasteiger partial charge in [-0.3, -0.25) is 14.8 Å². The lowest BCUT2D eigenvalue weighted by Gasteiger charge is -2.26. The fourth-order valence-electron chi connectivity index (χ4n) is 3.44. The van der Waals surface area contributed by atoms with Gasteiger partial charge >= 0.3 is 0 Å². The molecule has 3 aromatic rings. The summed E-state index contributed by atoms with van der Waals surface area (Å²) in [5, 5.41) is 19.0. The van der Waals surface area contributed by atoms with E-state index in [2.05, 4.69) is 16.5 Å². The second-order valence-electron chi connectivity index (χ2n) is 6.59. The molecule has 27 heavy (non-hydrogen) atoms. The Hall–Kier alpha value is -3.19. The van der Waals surface area contributed by atoms with E-state index >= 15 is 0 Å². The number of nitrogens with one attached hydrogen (secondary N) is 1. The standard InChI is InChI=1S/C20H20N4O3/c1-23-13-15(20(22-23)14-6-8-16(9-7-14)24(25)26)12-21-18-10-11-27-19-5-3-2-4-17(18)19/h2-9,13,18,21H,10-12H2,1H3. The largest absolute Gasteiger partial charge is 0.493 e. The van der Waals surface area contributed by atoms with Crippen molar-refractivity contribution in [3.05, 3.63) is 76.0 Å². The quantitative estimate of drug-likeness (QED) is 0.552. The summed E-state index contributed by atoms with van der Waals surface area (Å²) >= 11 is 0. The van der Waals surface area contributed by atoms with Crippen LogP contribution in [0, 0.1) is 10.1 Å². The third-order valence-electron chi connectivity index (χ3n) is 4.75. The number of hydrogen-bond acceptors (Lipinski definition) is 5. The second-order valence-corrected chi connectivity index (χ2v) is 6.59. The first-order valence-corrected chi connectivity index (χ1v) is 8.84. The molecule has 0 radical (unpaired) electrons. The van der Waals surface area contributed by atoms with Crippen LogP contribution in [0.3, 0.4) is 0 Å². The Kier molecular flexibility index (Phi) is 4.60. The molecular formula is C20H20N4O3. The highest BCUT2D eigenvalue weighted by Crippen LogP contribution is 2.32. The lowest BCUT2D eigenvalue weighted by molar-refractivity contribution is -0.384. The zero-order chi connectivity index (χ0) is 18.8. The first kappa shape index (κ1) is 17.2. The third-order valence-corrected chi connectivity index (χ3v) is 4.75. The van der Waals surface area contributed by atoms with Gasteiger partial charge in [0.1, 0.15) is 5.75 Å². The minimum absolute atomic E-state index is 0.0770. The number of para-hydroxylation sites is 1. The van der Waals surface area contributed by atoms with Gasteiger partial charge in [-0.25, -0.2) is 0 Å². The third kappa shape index (κ3) is 3.54. The Morgan fingerprint density at radius 3 is 2.81 bits per heavy atom. The number of nitrogens with zero attached hydrogens (tertiary/aromatic N) is 3. The minimum Gasteiger partial charge on any atom is -0.493 e. The molecule has 0 spiro atoms. The van der Waals surface area contributed by atoms with Crippen LogP contribution < -0.4 is 10.1 Å². The Morgan fingerprint density at radius 2 is 2.04 bits per heavy atom. The fraction of sp³-hybridized carbons (Fsp3) is 0.250. The number of nitro groups is 1. The molecule has 0 fully saturated rings. The van der Waals surface area contributed by atoms with E-state index in [0.29, 0.717) is 13.2 Å². The maximum atomic E-state index is 10.9. The monoisotopic (exact) mass is 364 g/mol. The SMILES string of the molecule is Cn1cc(CNC2CCOc3ccccc32)c(-c2ccc([N+](=O)[O-])cc2)n1. The van der Waals surface area contributed by atoms with Crippen molar-refractivity contribution in [1.82, 2.24) is 15.1 Å². The molecule has 0 amide bonds. The van der Waals surface area contributed by atoms with Gasteiger partial charge < -0.3 is 10.1 Å². The van der Waals surface area contributed by atoms with Gasteiger partial charge in [-0.15, -0.1) is 0 Å². The van der Waals surface area contributed by atoms with E-state index in [-0.39, 0.29) is 11.7 Å². The zero-order valence-corrected chi connectivity index (χ0v) is 15.0. The van der Waals surface area contributed by atoms with E-state index < -0.39 is 4.92 Å². The highest BCUT2D eigenvalue weighted by atomic mass is 16.6. The van der Waals surface area contributed by atoms with Crippen LogP contribution >= 0.6 is 0 Å². The van der Waals surface area contributed by atoms with Crippen LogP contribution in [-0.4, -0.2) is 21.3 Å². The topological polar surface area (TPSA) is 82.2 Å². The number of rotatable bonds is 5. The predicted molar refractivity (Wildman–Crippen MR) is 101 cm³/mol. The molecule has 138 valence electrons. The average molecular weight is 364 g/mol. The van der Waals surface area contributed by atoms with Crippen molar-refractivity contribution >= 4 is 5.69 Å². The van der Waals surface area contributed by atoms with E-state index in [1.54, 1.807) is 16.8 Å². The highest BCUT2D eigenvalue weighted by molar-refractivity contribution is 5.64. The number of ether oxygens (including phenoxy) is 1. The van der Waals surface area contributed by atoms with Gasteiger partial charge in [0.25, 0.3) is 5.69 Å². The molecule has 2 heterocycles. The molecule has 1 atom stereocenters. The Labute approximate surface area is 156 Å². The maximum absolute atomic E-state index is 10.9. The molecule has 0 bridgehead atoms. The molecule has 1 aromatic heterocycles. The van der Waals surface area contributed by atoms with E-state index in [1.807, 2.05) is 31.4 Å². The molecule has 1 N–H and O–H groups in total. The molecule has 0 saturated carbocycles. The van der Waals surface area contributed by atoms with Crippen LogP contribution in [0.5, 0.6) is 5.75 Å². The summed E-state index contributed by atoms with van der Waals surface area (Å²) in [6, 6.07) is 14.8. The second kappa shape index (κ2) is 7.20. The van der Waals surface area contributed by atoms with Crippen molar-refractivity contribution in [2.24, 2.45) is 7.05 Å². The van der Waals surface area contributed by atoms with Crippen LogP contribution in [0.25, 0.3) is 11.3 Å². The normalized spacial score (nSPS) is 15.8. The van der Waals surface area contributed by atoms with Crippen molar-refractivity contribution in [2.75, 3.05) is 6.61 Å². The molecular weight excluding hydrogens is 344 g/mol. The first-order chi connectivity index (χ1) is 13.1. The van der Waals surface area contributed by atoms with E-state index in [0.717, 1.165) is 29.0 Å². The molecule has 7 heteroatoms. The summed E-state index contributed by atoms with van der Waals surface area (Å²) in [6.45, 7) is 1.34. The molecule has 4 rings (SSSR count). The van der Waals surface area contributed by atoms with Gasteiger partial charge in [0.2, 0.25) is 0 Å². The average Bonchev–Trinajstić information content (AvgIpc) is 3.07. The van der Waals surface area contributed by atoms with Crippen molar-refractivity contribution in [3.8, 4) is 17.0 Å². The van der Waals surface area contributed by atoms with Gasteiger partial charge in [-0.05, 0) is 18.2 Å². The van der Waals surface area contributed by atoms with E-state index in [4.69, 9.17) is 4.74 Å². The van der Waals surface area contributed by atoms with Gasteiger partial charge in [-0.1, -0.05) is 18.2 Å². The number of aryl methyl sites for hydroxylation is 1. The Balaban J connectivity index is 1.55. The molecule has 1 unspecified atom stereocenters. The number of hydrogen-bond donors (Lipinski definition) is 1. The smallest absolute Gasteiger partial charge is 0.269 e. The molecule has 0 saturated heterocycles. The highest BCUT2D eigenvalue weighted by Gasteiger charge is 2.21. The molecule has 2 aromatic carbocycles. The molecule has 0 aliphatic carbocycles. The Morgan fingerprint density at radius 1 is 1.26 bits per heavy atom. The molecule has 1 aliphatic rings. The summed E-state index contributed by atoms with van der Waals surface area (Å²) in [4.78, 5) is 10.5. The molecule has 1 aliphatic heterocycles. The number of nitro benzene ring substituents is 1. The van der Waals surface area contributed by atoms with Gasteiger partial charge in [0, 0.05) is 61.1 Å². The van der Waals surface area contributed by atoms with Crippen LogP contribution in [0.15, 0.2) is 54.7 Å². The number of aromatic nitrogens is 2. The first-order valence-electron chi connectivity index (χ1n) is 8.84. The maximum Gasteiger partial charge on any atom is 0.269 e. The molecule has 7 nitrogen and oxygen atoms in total. The number of benzene rings is 2. The predicted octanol–water partition coefficient (Wildman–Crippen LogP) is 3.61. The van der Waals surface area contributed by atoms with Gasteiger partial charge in [0.05, 0.1) is 17.2 Å². The van der Waals surface area contributed by atoms with Crippen LogP contribution in [0.4, 0.5) is 5.69 Å². The van der Waals surface area contributed by atoms with Crippen molar-refractivity contribution in [3.63, 3.8) is 0 Å². The summed E-state index contributed by atoms with van der Waals surface area (Å²) < 4.78 is 7.49. The van der Waals surface area contributed by atoms with E-state index in [9.17, 15) is 10.1 Å². The summed E-state index contributed by atoms with van der Waals surface area (Å²) in [7, 11) is 1.88. The Bertz CT molecular complexity index is 966. The summed E-state index contributed by atoms with van der Waals surface area (Å²) in [5.74, 6) is 0.933. The van der Waals surface area contributed by atoms with E-state index in [1.165, 1.54) is 17.7 Å².